The number of amides is 4. The number of likely N-dealkylation sites (tertiary alicyclic amines) is 1. The van der Waals surface area contributed by atoms with Crippen molar-refractivity contribution >= 4 is 40.5 Å². The van der Waals surface area contributed by atoms with Gasteiger partial charge in [0.15, 0.2) is 0 Å². The molecule has 3 aliphatic rings. The maximum absolute atomic E-state index is 14.8. The van der Waals surface area contributed by atoms with Crippen LogP contribution in [0.2, 0.25) is 0 Å². The molecule has 4 atom stereocenters. The zero-order chi connectivity index (χ0) is 49.0. The molecule has 0 unspecified atom stereocenters. The molecular weight excluding hydrogens is 865 g/mol. The first-order chi connectivity index (χ1) is 32.5. The fraction of sp³-hybridized carbons (Fsp3) is 0.491. The number of esters is 1. The molecule has 0 aliphatic carbocycles. The van der Waals surface area contributed by atoms with E-state index in [1.807, 2.05) is 32.0 Å². The summed E-state index contributed by atoms with van der Waals surface area (Å²) in [5.74, 6) is -2.88. The Hall–Kier alpha value is -6.03. The first kappa shape index (κ1) is 49.9. The van der Waals surface area contributed by atoms with Crippen molar-refractivity contribution in [1.82, 2.24) is 30.1 Å². The highest BCUT2D eigenvalue weighted by Crippen LogP contribution is 2.43. The van der Waals surface area contributed by atoms with Gasteiger partial charge in [-0.25, -0.2) is 5.43 Å². The number of ether oxygens (including phenoxy) is 3. The minimum atomic E-state index is -1.17. The van der Waals surface area contributed by atoms with Crippen LogP contribution < -0.4 is 10.7 Å². The van der Waals surface area contributed by atoms with Crippen molar-refractivity contribution in [3.05, 3.63) is 89.5 Å². The molecule has 6 bridgehead atoms. The second-order valence-corrected chi connectivity index (χ2v) is 19.6. The first-order valence-electron chi connectivity index (χ1n) is 23.8. The molecule has 3 aliphatic heterocycles. The van der Waals surface area contributed by atoms with Crippen LogP contribution in [0, 0.1) is 17.3 Å². The molecule has 68 heavy (non-hydrogen) atoms. The number of nitrogens with zero attached hydrogens (tertiary/aromatic N) is 4. The summed E-state index contributed by atoms with van der Waals surface area (Å²) in [5, 5.41) is 16.8. The number of nitrogens with one attached hydrogen (secondary N) is 2. The lowest BCUT2D eigenvalue weighted by Gasteiger charge is -2.37. The van der Waals surface area contributed by atoms with Crippen LogP contribution in [0.25, 0.3) is 33.3 Å². The summed E-state index contributed by atoms with van der Waals surface area (Å²) in [6, 6.07) is 14.7. The van der Waals surface area contributed by atoms with Crippen LogP contribution >= 0.6 is 0 Å². The van der Waals surface area contributed by atoms with Gasteiger partial charge >= 0.3 is 5.97 Å². The number of cyclic esters (lactones) is 1. The zero-order valence-electron chi connectivity index (χ0n) is 40.9. The van der Waals surface area contributed by atoms with E-state index < -0.39 is 47.2 Å². The standard InChI is InChI=1S/C53H68N6O9/c1-10-45(61)57-21-19-35(28-57)50(63)56(7)47(32(3)4)49(62)54-43-24-33-22-38(25-39(60)23-33)34-17-18-44-40(26-34)41(27-53(5,6)31-68-52(65)42-16-13-20-59(55-42)51(43)64)48(58(44)11-2)46-36(29-66-8)14-12-15-37(46)30-67-9/h10,12,14-15,17-18,22-23,25-26,32,35,42-43,47,55,60H,1,11,13,16,19-21,24,27-31H2,2-9H3,(H,54,62)/t35-,42-,43-,47-/m0/s1. The van der Waals surface area contributed by atoms with Crippen LogP contribution in [0.1, 0.15) is 76.1 Å². The summed E-state index contributed by atoms with van der Waals surface area (Å²) in [4.78, 5) is 72.6. The molecule has 15 nitrogen and oxygen atoms in total. The highest BCUT2D eigenvalue weighted by atomic mass is 16.5. The summed E-state index contributed by atoms with van der Waals surface area (Å²) in [6.07, 6.45) is 3.15. The molecule has 15 heteroatoms. The molecule has 2 fully saturated rings. The molecule has 4 aromatic rings. The van der Waals surface area contributed by atoms with Gasteiger partial charge in [0.05, 0.1) is 31.4 Å². The van der Waals surface area contributed by atoms with Gasteiger partial charge in [-0.2, -0.15) is 0 Å². The third-order valence-electron chi connectivity index (χ3n) is 13.6. The average Bonchev–Trinajstić information content (AvgIpc) is 3.92. The van der Waals surface area contributed by atoms with Crippen LogP contribution in [-0.4, -0.2) is 120 Å². The minimum absolute atomic E-state index is 0.0137. The highest BCUT2D eigenvalue weighted by Gasteiger charge is 2.40. The number of phenols is 1. The maximum atomic E-state index is 14.8. The Balaban J connectivity index is 1.33. The van der Waals surface area contributed by atoms with Crippen LogP contribution in [0.5, 0.6) is 5.75 Å². The van der Waals surface area contributed by atoms with Crippen molar-refractivity contribution in [3.8, 4) is 28.1 Å². The molecule has 1 aromatic heterocycles. The monoisotopic (exact) mass is 933 g/mol. The smallest absolute Gasteiger partial charge is 0.324 e. The van der Waals surface area contributed by atoms with Crippen molar-refractivity contribution in [2.45, 2.75) is 105 Å². The van der Waals surface area contributed by atoms with Gasteiger partial charge in [-0.1, -0.05) is 64.6 Å². The van der Waals surface area contributed by atoms with E-state index >= 15 is 0 Å². The van der Waals surface area contributed by atoms with E-state index in [9.17, 15) is 29.1 Å². The third kappa shape index (κ3) is 10.5. The van der Waals surface area contributed by atoms with Crippen LogP contribution in [-0.2, 0) is 70.8 Å². The lowest BCUT2D eigenvalue weighted by Crippen LogP contribution is -2.62. The van der Waals surface area contributed by atoms with Crippen molar-refractivity contribution in [1.29, 1.82) is 0 Å². The summed E-state index contributed by atoms with van der Waals surface area (Å²) >= 11 is 0. The maximum Gasteiger partial charge on any atom is 0.324 e. The highest BCUT2D eigenvalue weighted by molar-refractivity contribution is 5.97. The van der Waals surface area contributed by atoms with E-state index in [0.717, 1.165) is 44.4 Å². The zero-order valence-corrected chi connectivity index (χ0v) is 40.9. The van der Waals surface area contributed by atoms with Gasteiger partial charge < -0.3 is 39.0 Å². The Morgan fingerprint density at radius 1 is 1.01 bits per heavy atom. The Morgan fingerprint density at radius 3 is 2.40 bits per heavy atom. The number of phenolic OH excluding ortho intramolecular Hbond substituents is 1. The molecule has 2 saturated heterocycles. The van der Waals surface area contributed by atoms with Crippen LogP contribution in [0.3, 0.4) is 0 Å². The predicted molar refractivity (Wildman–Crippen MR) is 260 cm³/mol. The largest absolute Gasteiger partial charge is 0.508 e. The van der Waals surface area contributed by atoms with E-state index in [2.05, 4.69) is 66.9 Å². The number of carbonyl (C=O) groups is 5. The molecule has 0 radical (unpaired) electrons. The lowest BCUT2D eigenvalue weighted by atomic mass is 9.83. The number of fused-ring (bicyclic) bond motifs is 6. The number of hydrogen-bond donors (Lipinski definition) is 3. The van der Waals surface area contributed by atoms with Crippen molar-refractivity contribution in [2.24, 2.45) is 17.3 Å². The quantitative estimate of drug-likeness (QED) is 0.110. The van der Waals surface area contributed by atoms with Crippen LogP contribution in [0.4, 0.5) is 0 Å². The number of benzene rings is 3. The summed E-state index contributed by atoms with van der Waals surface area (Å²) in [5.41, 5.74) is 10.9. The summed E-state index contributed by atoms with van der Waals surface area (Å²) < 4.78 is 20.0. The van der Waals surface area contributed by atoms with Gasteiger partial charge in [0, 0.05) is 75.7 Å². The van der Waals surface area contributed by atoms with Gasteiger partial charge in [-0.3, -0.25) is 29.0 Å². The molecule has 4 heterocycles. The molecule has 4 amide bonds. The van der Waals surface area contributed by atoms with E-state index in [0.29, 0.717) is 63.1 Å². The second kappa shape index (κ2) is 21.1. The normalized spacial score (nSPS) is 20.2. The lowest BCUT2D eigenvalue weighted by molar-refractivity contribution is -0.155. The number of likely N-dealkylation sites (N-methyl/N-ethyl adjacent to an activating group) is 1. The molecule has 7 rings (SSSR count). The molecule has 364 valence electrons. The minimum Gasteiger partial charge on any atom is -0.508 e. The number of aromatic hydroxyl groups is 1. The Labute approximate surface area is 399 Å². The number of carbonyl (C=O) groups excluding carboxylic acids is 5. The van der Waals surface area contributed by atoms with Gasteiger partial charge in [0.25, 0.3) is 5.91 Å². The Kier molecular flexibility index (Phi) is 15.5. The van der Waals surface area contributed by atoms with E-state index in [4.69, 9.17) is 14.2 Å². The average molecular weight is 933 g/mol. The Bertz CT molecular complexity index is 2540. The SMILES string of the molecule is C=CC(=O)N1CC[C@H](C(=O)N(C)[C@H](C(=O)N[C@H]2Cc3cc(O)cc(c3)-c3ccc4c(c3)c(c(-c3c(COC)cccc3COC)n4CC)CC(C)(C)COC(=O)[C@@H]3CCCN(N3)C2=O)C(C)C)C1. The molecule has 3 N–H and O–H groups in total. The number of aromatic nitrogens is 1. The summed E-state index contributed by atoms with van der Waals surface area (Å²) in [6.45, 7) is 16.0. The fourth-order valence-electron chi connectivity index (χ4n) is 10.4. The number of rotatable bonds is 12. The molecular formula is C53H68N6O9. The molecule has 3 aromatic carbocycles. The van der Waals surface area contributed by atoms with E-state index in [-0.39, 0.29) is 49.6 Å². The third-order valence-corrected chi connectivity index (χ3v) is 13.6. The topological polar surface area (TPSA) is 172 Å². The van der Waals surface area contributed by atoms with E-state index in [1.54, 1.807) is 38.3 Å². The first-order valence-corrected chi connectivity index (χ1v) is 23.8. The molecule has 0 saturated carbocycles. The van der Waals surface area contributed by atoms with Crippen LogP contribution in [0.15, 0.2) is 67.3 Å². The second-order valence-electron chi connectivity index (χ2n) is 19.6. The van der Waals surface area contributed by atoms with Crippen molar-refractivity contribution in [2.75, 3.05) is 47.5 Å². The Morgan fingerprint density at radius 2 is 1.74 bits per heavy atom. The molecule has 0 spiro atoms. The summed E-state index contributed by atoms with van der Waals surface area (Å²) in [7, 11) is 4.96. The van der Waals surface area contributed by atoms with Crippen molar-refractivity contribution in [3.63, 3.8) is 0 Å². The van der Waals surface area contributed by atoms with E-state index in [1.165, 1.54) is 16.0 Å². The van der Waals surface area contributed by atoms with Gasteiger partial charge in [-0.15, -0.1) is 0 Å². The van der Waals surface area contributed by atoms with Gasteiger partial charge in [0.2, 0.25) is 17.7 Å². The van der Waals surface area contributed by atoms with Gasteiger partial charge in [-0.05, 0) is 102 Å². The predicted octanol–water partition coefficient (Wildman–Crippen LogP) is 6.16. The number of methoxy groups -OCH3 is 2. The number of aryl methyl sites for hydroxylation is 1. The number of hydrogen-bond acceptors (Lipinski definition) is 10. The van der Waals surface area contributed by atoms with Gasteiger partial charge in [0.1, 0.15) is 23.9 Å². The number of hydrazine groups is 1. The van der Waals surface area contributed by atoms with Crippen molar-refractivity contribution < 1.29 is 43.3 Å². The fourth-order valence-corrected chi connectivity index (χ4v) is 10.4.